The molecule has 0 aliphatic carbocycles. The Kier molecular flexibility index (Phi) is 18.5. The van der Waals surface area contributed by atoms with Gasteiger partial charge in [-0.2, -0.15) is 0 Å². The van der Waals surface area contributed by atoms with E-state index in [2.05, 4.69) is 20.6 Å². The Labute approximate surface area is 408 Å². The number of benzene rings is 2. The number of nitrogens with one attached hydrogen (secondary N) is 4. The average molecular weight is 973 g/mol. The van der Waals surface area contributed by atoms with Crippen molar-refractivity contribution in [1.82, 2.24) is 40.4 Å². The Morgan fingerprint density at radius 1 is 0.586 bits per heavy atom. The molecule has 70 heavy (non-hydrogen) atoms. The predicted octanol–water partition coefficient (Wildman–Crippen LogP) is 6.06. The highest BCUT2D eigenvalue weighted by atomic mass is 16.6. The molecule has 20 nitrogen and oxygen atoms in total. The molecule has 4 N–H and O–H groups in total. The third-order valence-electron chi connectivity index (χ3n) is 12.6. The normalized spacial score (nSPS) is 19.5. The molecule has 380 valence electrons. The molecule has 3 aliphatic rings. The number of nitrogens with zero attached hydrogens (tertiary/aromatic N) is 4. The number of carbonyl (C=O) groups excluding carboxylic acids is 4. The summed E-state index contributed by atoms with van der Waals surface area (Å²) < 4.78 is 45.6. The van der Waals surface area contributed by atoms with Gasteiger partial charge in [0.05, 0.1) is 103 Å². The quantitative estimate of drug-likeness (QED) is 0.142. The number of likely N-dealkylation sites (tertiary alicyclic amines) is 2. The fourth-order valence-electron chi connectivity index (χ4n) is 8.94. The van der Waals surface area contributed by atoms with Crippen molar-refractivity contribution in [2.75, 3.05) is 93.4 Å². The standard InChI is InChI=1S/C50H68N8O12/c1-31(2)43(55-49(61)63-5)47(59)57-15-7-9-39(57)45-51-29-37(53-45)34-12-13-35-33-11-14-36(38-30-52-46(54-38)40-10-8-16-58(40)48(60)44(32(3)4)56-50(62)64-6)42(27-33)70-26-24-68-22-20-66-18-17-65-19-21-67-23-25-69-41(35)28-34/h11-14,27-32,39-40,43-44H,7-10,15-26H2,1-6H3,(H,51,53)(H,52,54)(H,55,61)(H,56,62)/t39-,40-,43-,44-/m0/s1. The molecule has 0 spiro atoms. The lowest BCUT2D eigenvalue weighted by Gasteiger charge is -2.30. The zero-order valence-corrected chi connectivity index (χ0v) is 41.1. The number of rotatable bonds is 10. The number of hydrogen-bond acceptors (Lipinski definition) is 14. The minimum absolute atomic E-state index is 0.156. The van der Waals surface area contributed by atoms with E-state index in [1.807, 2.05) is 64.1 Å². The summed E-state index contributed by atoms with van der Waals surface area (Å²) in [7, 11) is 2.56. The second kappa shape index (κ2) is 25.1. The van der Waals surface area contributed by atoms with Crippen molar-refractivity contribution in [2.45, 2.75) is 77.5 Å². The second-order valence-corrected chi connectivity index (χ2v) is 18.0. The fourth-order valence-corrected chi connectivity index (χ4v) is 8.94. The van der Waals surface area contributed by atoms with Gasteiger partial charge in [-0.15, -0.1) is 0 Å². The van der Waals surface area contributed by atoms with Gasteiger partial charge in [0.25, 0.3) is 0 Å². The van der Waals surface area contributed by atoms with Crippen LogP contribution in [0.4, 0.5) is 9.59 Å². The predicted molar refractivity (Wildman–Crippen MR) is 257 cm³/mol. The van der Waals surface area contributed by atoms with Gasteiger partial charge in [-0.3, -0.25) is 9.59 Å². The van der Waals surface area contributed by atoms with Crippen LogP contribution in [0.25, 0.3) is 33.6 Å². The Hall–Kier alpha value is -6.22. The van der Waals surface area contributed by atoms with Crippen LogP contribution in [-0.4, -0.2) is 159 Å². The molecule has 4 aromatic rings. The lowest BCUT2D eigenvalue weighted by atomic mass is 9.99. The summed E-state index contributed by atoms with van der Waals surface area (Å²) in [5, 5.41) is 5.42. The third kappa shape index (κ3) is 12.9. The summed E-state index contributed by atoms with van der Waals surface area (Å²) in [5.74, 6) is 1.76. The first-order valence-corrected chi connectivity index (χ1v) is 24.2. The highest BCUT2D eigenvalue weighted by Crippen LogP contribution is 2.41. The molecule has 2 fully saturated rings. The number of aromatic amines is 2. The van der Waals surface area contributed by atoms with E-state index in [0.29, 0.717) is 108 Å². The number of carbonyl (C=O) groups is 4. The summed E-state index contributed by atoms with van der Waals surface area (Å²) in [6.07, 6.45) is 5.19. The number of methoxy groups -OCH3 is 2. The topological polar surface area (TPSA) is 230 Å². The molecule has 3 aliphatic heterocycles. The van der Waals surface area contributed by atoms with Crippen LogP contribution >= 0.6 is 0 Å². The number of imidazole rings is 2. The van der Waals surface area contributed by atoms with Crippen LogP contribution in [0.2, 0.25) is 0 Å². The molecule has 7 rings (SSSR count). The van der Waals surface area contributed by atoms with E-state index in [9.17, 15) is 19.2 Å². The van der Waals surface area contributed by atoms with Gasteiger partial charge < -0.3 is 68.3 Å². The summed E-state index contributed by atoms with van der Waals surface area (Å²) in [6, 6.07) is 9.76. The fraction of sp³-hybridized carbons (Fsp3) is 0.560. The molecule has 2 bridgehead atoms. The Balaban J connectivity index is 1.18. The van der Waals surface area contributed by atoms with E-state index >= 15 is 0 Å². The van der Waals surface area contributed by atoms with Crippen LogP contribution in [0.15, 0.2) is 48.8 Å². The molecule has 0 saturated carbocycles. The number of fused-ring (bicyclic) bond motifs is 4. The van der Waals surface area contributed by atoms with Crippen molar-refractivity contribution in [1.29, 1.82) is 0 Å². The number of H-pyrrole nitrogens is 2. The number of amides is 4. The zero-order valence-electron chi connectivity index (χ0n) is 41.1. The summed E-state index contributed by atoms with van der Waals surface area (Å²) in [6.45, 7) is 12.2. The van der Waals surface area contributed by atoms with Crippen molar-refractivity contribution in [3.05, 3.63) is 60.4 Å². The maximum absolute atomic E-state index is 13.9. The van der Waals surface area contributed by atoms with E-state index in [0.717, 1.165) is 40.8 Å². The summed E-state index contributed by atoms with van der Waals surface area (Å²) >= 11 is 0. The molecule has 2 aromatic carbocycles. The van der Waals surface area contributed by atoms with Crippen molar-refractivity contribution < 1.29 is 57.1 Å². The third-order valence-corrected chi connectivity index (χ3v) is 12.6. The van der Waals surface area contributed by atoms with Crippen molar-refractivity contribution in [2.24, 2.45) is 11.8 Å². The van der Waals surface area contributed by atoms with Crippen LogP contribution in [0, 0.1) is 11.8 Å². The highest BCUT2D eigenvalue weighted by Gasteiger charge is 2.39. The van der Waals surface area contributed by atoms with Gasteiger partial charge in [0, 0.05) is 29.8 Å². The van der Waals surface area contributed by atoms with Crippen LogP contribution in [0.5, 0.6) is 11.5 Å². The van der Waals surface area contributed by atoms with Gasteiger partial charge in [0.1, 0.15) is 48.4 Å². The molecule has 0 radical (unpaired) electrons. The highest BCUT2D eigenvalue weighted by molar-refractivity contribution is 5.87. The van der Waals surface area contributed by atoms with Gasteiger partial charge >= 0.3 is 12.2 Å². The smallest absolute Gasteiger partial charge is 0.407 e. The maximum Gasteiger partial charge on any atom is 0.407 e. The average Bonchev–Trinajstić information content (AvgIpc) is 4.21. The Morgan fingerprint density at radius 2 is 1.00 bits per heavy atom. The van der Waals surface area contributed by atoms with Crippen LogP contribution in [-0.2, 0) is 38.0 Å². The number of alkyl carbamates (subject to hydrolysis) is 2. The van der Waals surface area contributed by atoms with Crippen molar-refractivity contribution >= 4 is 24.0 Å². The van der Waals surface area contributed by atoms with E-state index in [1.54, 1.807) is 22.2 Å². The van der Waals surface area contributed by atoms with Crippen LogP contribution < -0.4 is 20.1 Å². The second-order valence-electron chi connectivity index (χ2n) is 18.0. The molecular formula is C50H68N8O12. The SMILES string of the molecule is COC(=O)N[C@H](C(=O)N1CCC[C@H]1c1ncc(-c2ccc3c(c2)OCCOCCOCCOCCOCCOc2cc-3ccc2-c2cnc([C@@H]3CCCN3C(=O)[C@@H](NC(=O)OC)C(C)C)[nH]2)[nH]1)C(C)C. The van der Waals surface area contributed by atoms with Gasteiger partial charge in [0.15, 0.2) is 0 Å². The lowest BCUT2D eigenvalue weighted by molar-refractivity contribution is -0.136. The van der Waals surface area contributed by atoms with Gasteiger partial charge in [-0.25, -0.2) is 19.6 Å². The van der Waals surface area contributed by atoms with Gasteiger partial charge in [0.2, 0.25) is 11.8 Å². The molecule has 0 unspecified atom stereocenters. The summed E-state index contributed by atoms with van der Waals surface area (Å²) in [5.41, 5.74) is 4.64. The first kappa shape index (κ1) is 51.6. The largest absolute Gasteiger partial charge is 0.491 e. The molecular weight excluding hydrogens is 905 g/mol. The molecule has 20 heteroatoms. The van der Waals surface area contributed by atoms with Crippen LogP contribution in [0.3, 0.4) is 0 Å². The first-order chi connectivity index (χ1) is 34.0. The number of hydrogen-bond donors (Lipinski definition) is 4. The molecule has 4 amide bonds. The molecule has 4 atom stereocenters. The molecule has 2 saturated heterocycles. The monoisotopic (exact) mass is 972 g/mol. The first-order valence-electron chi connectivity index (χ1n) is 24.2. The van der Waals surface area contributed by atoms with Gasteiger partial charge in [-0.1, -0.05) is 39.8 Å². The Morgan fingerprint density at radius 3 is 1.49 bits per heavy atom. The van der Waals surface area contributed by atoms with E-state index in [-0.39, 0.29) is 48.9 Å². The van der Waals surface area contributed by atoms with Crippen molar-refractivity contribution in [3.63, 3.8) is 0 Å². The Bertz CT molecular complexity index is 2370. The maximum atomic E-state index is 13.9. The van der Waals surface area contributed by atoms with Crippen molar-refractivity contribution in [3.8, 4) is 45.1 Å². The lowest BCUT2D eigenvalue weighted by Crippen LogP contribution is -2.51. The summed E-state index contributed by atoms with van der Waals surface area (Å²) in [4.78, 5) is 72.1. The van der Waals surface area contributed by atoms with Gasteiger partial charge in [-0.05, 0) is 67.3 Å². The van der Waals surface area contributed by atoms with Crippen LogP contribution in [0.1, 0.15) is 77.1 Å². The zero-order chi connectivity index (χ0) is 49.6. The molecule has 2 aromatic heterocycles. The number of ether oxygens (including phenoxy) is 8. The minimum atomic E-state index is -0.756. The van der Waals surface area contributed by atoms with E-state index in [1.165, 1.54) is 14.2 Å². The van der Waals surface area contributed by atoms with E-state index < -0.39 is 24.3 Å². The molecule has 5 heterocycles. The minimum Gasteiger partial charge on any atom is -0.491 e. The number of aromatic nitrogens is 4. The van der Waals surface area contributed by atoms with E-state index in [4.69, 9.17) is 47.9 Å².